The molecule has 0 saturated heterocycles. The fourth-order valence-electron chi connectivity index (χ4n) is 2.97. The maximum absolute atomic E-state index is 12.4. The lowest BCUT2D eigenvalue weighted by Crippen LogP contribution is -2.37. The van der Waals surface area contributed by atoms with Crippen molar-refractivity contribution in [3.63, 3.8) is 0 Å². The molecule has 0 bridgehead atoms. The normalized spacial score (nSPS) is 12.9. The highest BCUT2D eigenvalue weighted by atomic mass is 127. The third-order valence-electron chi connectivity index (χ3n) is 4.50. The van der Waals surface area contributed by atoms with Crippen molar-refractivity contribution < 1.29 is 24.2 Å². The summed E-state index contributed by atoms with van der Waals surface area (Å²) in [7, 11) is 0. The van der Waals surface area contributed by atoms with Gasteiger partial charge >= 0.3 is 12.1 Å². The van der Waals surface area contributed by atoms with Gasteiger partial charge < -0.3 is 14.6 Å². The van der Waals surface area contributed by atoms with E-state index >= 15 is 0 Å². The standard InChI is InChI=1S/C22H16INO5/c23-18-10-16-12-24(22(27)29-20(16)11-19(18)25)17-8-6-15(7-9-17)21(26)28-13-14-4-2-1-3-5-14/h1-11,25H,12-13H2. The molecule has 0 radical (unpaired) electrons. The summed E-state index contributed by atoms with van der Waals surface area (Å²) in [5.74, 6) is -0.00811. The van der Waals surface area contributed by atoms with Crippen LogP contribution < -0.4 is 9.64 Å². The van der Waals surface area contributed by atoms with Crippen molar-refractivity contribution in [2.75, 3.05) is 4.90 Å². The highest BCUT2D eigenvalue weighted by Crippen LogP contribution is 2.35. The highest BCUT2D eigenvalue weighted by Gasteiger charge is 2.27. The van der Waals surface area contributed by atoms with E-state index in [1.54, 1.807) is 30.3 Å². The Balaban J connectivity index is 1.46. The second-order valence-corrected chi connectivity index (χ2v) is 7.64. The van der Waals surface area contributed by atoms with Crippen LogP contribution in [0.1, 0.15) is 21.5 Å². The zero-order valence-electron chi connectivity index (χ0n) is 15.2. The van der Waals surface area contributed by atoms with Gasteiger partial charge in [-0.25, -0.2) is 9.59 Å². The quantitative estimate of drug-likeness (QED) is 0.408. The van der Waals surface area contributed by atoms with Gasteiger partial charge in [-0.05, 0) is 58.5 Å². The summed E-state index contributed by atoms with van der Waals surface area (Å²) < 4.78 is 11.3. The lowest BCUT2D eigenvalue weighted by Gasteiger charge is -2.28. The molecule has 1 N–H and O–H groups in total. The number of ether oxygens (including phenoxy) is 2. The first-order chi connectivity index (χ1) is 14.0. The maximum atomic E-state index is 12.4. The minimum Gasteiger partial charge on any atom is -0.507 e. The Labute approximate surface area is 180 Å². The van der Waals surface area contributed by atoms with E-state index < -0.39 is 12.1 Å². The van der Waals surface area contributed by atoms with Crippen molar-refractivity contribution in [2.24, 2.45) is 0 Å². The fourth-order valence-corrected chi connectivity index (χ4v) is 3.50. The topological polar surface area (TPSA) is 76.1 Å². The number of aromatic hydroxyl groups is 1. The summed E-state index contributed by atoms with van der Waals surface area (Å²) in [6.45, 7) is 0.504. The number of carbonyl (C=O) groups excluding carboxylic acids is 2. The Kier molecular flexibility index (Phi) is 5.39. The Morgan fingerprint density at radius 2 is 1.83 bits per heavy atom. The molecule has 0 saturated carbocycles. The van der Waals surface area contributed by atoms with Crippen LogP contribution in [0.15, 0.2) is 66.7 Å². The summed E-state index contributed by atoms with van der Waals surface area (Å²) in [4.78, 5) is 26.1. The SMILES string of the molecule is O=C(OCc1ccccc1)c1ccc(N2Cc3cc(I)c(O)cc3OC2=O)cc1. The van der Waals surface area contributed by atoms with E-state index in [4.69, 9.17) is 9.47 Å². The van der Waals surface area contributed by atoms with E-state index in [0.717, 1.165) is 11.1 Å². The van der Waals surface area contributed by atoms with Gasteiger partial charge in [-0.15, -0.1) is 0 Å². The smallest absolute Gasteiger partial charge is 0.420 e. The number of phenols is 1. The highest BCUT2D eigenvalue weighted by molar-refractivity contribution is 14.1. The third-order valence-corrected chi connectivity index (χ3v) is 5.37. The van der Waals surface area contributed by atoms with Gasteiger partial charge in [0.1, 0.15) is 18.1 Å². The number of esters is 1. The molecule has 0 fully saturated rings. The molecule has 146 valence electrons. The van der Waals surface area contributed by atoms with Gasteiger partial charge in [-0.1, -0.05) is 30.3 Å². The molecule has 0 unspecified atom stereocenters. The second-order valence-electron chi connectivity index (χ2n) is 6.47. The van der Waals surface area contributed by atoms with Gasteiger partial charge in [0.15, 0.2) is 0 Å². The number of fused-ring (bicyclic) bond motifs is 1. The number of phenolic OH excluding ortho intramolecular Hbond substituents is 1. The van der Waals surface area contributed by atoms with Crippen LogP contribution in [0.3, 0.4) is 0 Å². The molecule has 0 aliphatic carbocycles. The summed E-state index contributed by atoms with van der Waals surface area (Å²) in [5, 5.41) is 9.79. The van der Waals surface area contributed by atoms with Crippen molar-refractivity contribution >= 4 is 40.3 Å². The van der Waals surface area contributed by atoms with Gasteiger partial charge in [0, 0.05) is 17.3 Å². The van der Waals surface area contributed by atoms with E-state index in [-0.39, 0.29) is 12.4 Å². The summed E-state index contributed by atoms with van der Waals surface area (Å²) in [6, 6.07) is 19.3. The summed E-state index contributed by atoms with van der Waals surface area (Å²) in [5.41, 5.74) is 2.70. The number of hydrogen-bond donors (Lipinski definition) is 1. The van der Waals surface area contributed by atoms with Crippen molar-refractivity contribution in [1.29, 1.82) is 0 Å². The molecule has 0 atom stereocenters. The van der Waals surface area contributed by atoms with Crippen LogP contribution in [0.2, 0.25) is 0 Å². The Morgan fingerprint density at radius 1 is 1.10 bits per heavy atom. The van der Waals surface area contributed by atoms with Crippen LogP contribution in [-0.2, 0) is 17.9 Å². The Hall–Kier alpha value is -3.07. The molecule has 1 aliphatic heterocycles. The van der Waals surface area contributed by atoms with Crippen LogP contribution >= 0.6 is 22.6 Å². The monoisotopic (exact) mass is 501 g/mol. The molecule has 0 aromatic heterocycles. The average Bonchev–Trinajstić information content (AvgIpc) is 2.74. The predicted octanol–water partition coefficient (Wildman–Crippen LogP) is 4.87. The fraction of sp³-hybridized carbons (Fsp3) is 0.0909. The van der Waals surface area contributed by atoms with E-state index in [2.05, 4.69) is 0 Å². The van der Waals surface area contributed by atoms with Crippen LogP contribution in [-0.4, -0.2) is 17.2 Å². The molecule has 29 heavy (non-hydrogen) atoms. The van der Waals surface area contributed by atoms with Gasteiger partial charge in [-0.3, -0.25) is 4.90 Å². The number of benzene rings is 3. The van der Waals surface area contributed by atoms with Gasteiger partial charge in [0.25, 0.3) is 0 Å². The van der Waals surface area contributed by atoms with Gasteiger partial charge in [0.2, 0.25) is 0 Å². The average molecular weight is 501 g/mol. The molecule has 4 rings (SSSR count). The Morgan fingerprint density at radius 3 is 2.55 bits per heavy atom. The predicted molar refractivity (Wildman–Crippen MR) is 115 cm³/mol. The number of rotatable bonds is 4. The van der Waals surface area contributed by atoms with Crippen LogP contribution in [0.4, 0.5) is 10.5 Å². The third kappa shape index (κ3) is 4.19. The van der Waals surface area contributed by atoms with Crippen molar-refractivity contribution in [3.8, 4) is 11.5 Å². The van der Waals surface area contributed by atoms with E-state index in [0.29, 0.717) is 27.1 Å². The number of halogens is 1. The molecule has 3 aromatic carbocycles. The lowest BCUT2D eigenvalue weighted by atomic mass is 10.1. The zero-order valence-corrected chi connectivity index (χ0v) is 17.3. The number of carbonyl (C=O) groups is 2. The van der Waals surface area contributed by atoms with E-state index in [9.17, 15) is 14.7 Å². The minimum atomic E-state index is -0.544. The number of hydrogen-bond acceptors (Lipinski definition) is 5. The lowest BCUT2D eigenvalue weighted by molar-refractivity contribution is 0.0472. The first-order valence-corrected chi connectivity index (χ1v) is 9.91. The molecule has 0 spiro atoms. The van der Waals surface area contributed by atoms with Gasteiger partial charge in [0.05, 0.1) is 15.7 Å². The molecule has 1 amide bonds. The molecular formula is C22H16INO5. The van der Waals surface area contributed by atoms with Crippen molar-refractivity contribution in [1.82, 2.24) is 0 Å². The summed E-state index contributed by atoms with van der Waals surface area (Å²) in [6.07, 6.45) is -0.544. The van der Waals surface area contributed by atoms with E-state index in [1.807, 2.05) is 52.9 Å². The van der Waals surface area contributed by atoms with Crippen LogP contribution in [0.5, 0.6) is 11.5 Å². The summed E-state index contributed by atoms with van der Waals surface area (Å²) >= 11 is 2.02. The number of amides is 1. The van der Waals surface area contributed by atoms with Crippen LogP contribution in [0.25, 0.3) is 0 Å². The largest absolute Gasteiger partial charge is 0.507 e. The van der Waals surface area contributed by atoms with Gasteiger partial charge in [-0.2, -0.15) is 0 Å². The van der Waals surface area contributed by atoms with Crippen LogP contribution in [0, 0.1) is 3.57 Å². The van der Waals surface area contributed by atoms with Crippen molar-refractivity contribution in [3.05, 3.63) is 87.0 Å². The molecule has 3 aromatic rings. The number of nitrogens with zero attached hydrogens (tertiary/aromatic N) is 1. The first kappa shape index (κ1) is 19.3. The molecule has 6 nitrogen and oxygen atoms in total. The molecular weight excluding hydrogens is 485 g/mol. The van der Waals surface area contributed by atoms with E-state index in [1.165, 1.54) is 11.0 Å². The number of anilines is 1. The second kappa shape index (κ2) is 8.12. The molecule has 7 heteroatoms. The molecule has 1 heterocycles. The molecule has 1 aliphatic rings. The zero-order chi connectivity index (χ0) is 20.4. The first-order valence-electron chi connectivity index (χ1n) is 8.83. The maximum Gasteiger partial charge on any atom is 0.420 e. The minimum absolute atomic E-state index is 0.0731. The Bertz CT molecular complexity index is 1070. The van der Waals surface area contributed by atoms with Crippen molar-refractivity contribution in [2.45, 2.75) is 13.2 Å².